The summed E-state index contributed by atoms with van der Waals surface area (Å²) in [5.74, 6) is -1.42. The molecule has 3 aromatic carbocycles. The number of pyridine rings is 1. The van der Waals surface area contributed by atoms with E-state index in [4.69, 9.17) is 9.47 Å². The number of ether oxygens (including phenoxy) is 2. The van der Waals surface area contributed by atoms with Crippen LogP contribution in [0, 0.1) is 0 Å². The van der Waals surface area contributed by atoms with Crippen molar-refractivity contribution >= 4 is 40.3 Å². The van der Waals surface area contributed by atoms with Crippen molar-refractivity contribution in [1.82, 2.24) is 9.88 Å². The number of benzene rings is 3. The summed E-state index contributed by atoms with van der Waals surface area (Å²) in [7, 11) is 2.97. The van der Waals surface area contributed by atoms with E-state index in [2.05, 4.69) is 10.3 Å². The zero-order chi connectivity index (χ0) is 26.1. The number of amides is 3. The maximum absolute atomic E-state index is 13.0. The summed E-state index contributed by atoms with van der Waals surface area (Å²) in [6, 6.07) is 20.5. The summed E-state index contributed by atoms with van der Waals surface area (Å²) in [4.78, 5) is 55.4. The summed E-state index contributed by atoms with van der Waals surface area (Å²) in [5, 5.41) is 3.19. The SMILES string of the molecule is COc1ccc(-c2cc(C(=O)OCC(=O)Nc3ccc4c(c3)C(=O)N(C)C4=O)c3ccccc3n2)cc1. The van der Waals surface area contributed by atoms with Crippen LogP contribution in [0.1, 0.15) is 31.1 Å². The largest absolute Gasteiger partial charge is 0.497 e. The Morgan fingerprint density at radius 1 is 0.919 bits per heavy atom. The number of carbonyl (C=O) groups is 4. The van der Waals surface area contributed by atoms with E-state index in [0.717, 1.165) is 10.5 Å². The topological polar surface area (TPSA) is 115 Å². The number of esters is 1. The number of methoxy groups -OCH3 is 1. The smallest absolute Gasteiger partial charge is 0.339 e. The van der Waals surface area contributed by atoms with Crippen molar-refractivity contribution in [2.24, 2.45) is 0 Å². The molecule has 0 atom stereocenters. The molecule has 184 valence electrons. The molecule has 0 bridgehead atoms. The Morgan fingerprint density at radius 3 is 2.41 bits per heavy atom. The van der Waals surface area contributed by atoms with E-state index in [1.165, 1.54) is 25.2 Å². The van der Waals surface area contributed by atoms with Crippen molar-refractivity contribution in [2.45, 2.75) is 0 Å². The fourth-order valence-corrected chi connectivity index (χ4v) is 4.10. The van der Waals surface area contributed by atoms with E-state index in [1.54, 1.807) is 43.5 Å². The summed E-state index contributed by atoms with van der Waals surface area (Å²) < 4.78 is 10.5. The van der Waals surface area contributed by atoms with Gasteiger partial charge in [0.1, 0.15) is 5.75 Å². The lowest BCUT2D eigenvalue weighted by Gasteiger charge is -2.11. The number of hydrogen-bond donors (Lipinski definition) is 1. The van der Waals surface area contributed by atoms with Crippen LogP contribution in [0.3, 0.4) is 0 Å². The Morgan fingerprint density at radius 2 is 1.65 bits per heavy atom. The number of nitrogens with one attached hydrogen (secondary N) is 1. The van der Waals surface area contributed by atoms with Gasteiger partial charge in [-0.05, 0) is 54.6 Å². The van der Waals surface area contributed by atoms with Crippen molar-refractivity contribution in [3.8, 4) is 17.0 Å². The third-order valence-electron chi connectivity index (χ3n) is 6.03. The third kappa shape index (κ3) is 4.50. The van der Waals surface area contributed by atoms with Gasteiger partial charge in [-0.15, -0.1) is 0 Å². The third-order valence-corrected chi connectivity index (χ3v) is 6.03. The molecule has 3 amide bonds. The molecule has 1 N–H and O–H groups in total. The summed E-state index contributed by atoms with van der Waals surface area (Å²) in [6.07, 6.45) is 0. The highest BCUT2D eigenvalue weighted by molar-refractivity contribution is 6.21. The lowest BCUT2D eigenvalue weighted by Crippen LogP contribution is -2.24. The second kappa shape index (κ2) is 9.54. The number of para-hydroxylation sites is 1. The molecule has 37 heavy (non-hydrogen) atoms. The zero-order valence-electron chi connectivity index (χ0n) is 20.0. The minimum absolute atomic E-state index is 0.205. The predicted octanol–water partition coefficient (Wildman–Crippen LogP) is 3.93. The van der Waals surface area contributed by atoms with Crippen LogP contribution in [-0.4, -0.2) is 54.3 Å². The number of imide groups is 1. The Kier molecular flexibility index (Phi) is 6.10. The Balaban J connectivity index is 1.33. The van der Waals surface area contributed by atoms with Gasteiger partial charge in [0.2, 0.25) is 0 Å². The molecule has 2 heterocycles. The molecule has 0 radical (unpaired) electrons. The number of nitrogens with zero attached hydrogens (tertiary/aromatic N) is 2. The molecule has 0 spiro atoms. The average molecular weight is 495 g/mol. The van der Waals surface area contributed by atoms with Crippen molar-refractivity contribution in [3.05, 3.63) is 89.5 Å². The van der Waals surface area contributed by atoms with Gasteiger partial charge in [-0.2, -0.15) is 0 Å². The van der Waals surface area contributed by atoms with E-state index in [-0.39, 0.29) is 16.7 Å². The molecule has 1 aliphatic heterocycles. The minimum atomic E-state index is -0.681. The molecular weight excluding hydrogens is 474 g/mol. The molecule has 0 aliphatic carbocycles. The molecule has 9 nitrogen and oxygen atoms in total. The van der Waals surface area contributed by atoms with Crippen molar-refractivity contribution in [1.29, 1.82) is 0 Å². The second-order valence-electron chi connectivity index (χ2n) is 8.35. The normalized spacial score (nSPS) is 12.4. The number of anilines is 1. The van der Waals surface area contributed by atoms with E-state index in [9.17, 15) is 19.2 Å². The first-order valence-corrected chi connectivity index (χ1v) is 11.3. The van der Waals surface area contributed by atoms with Crippen molar-refractivity contribution in [3.63, 3.8) is 0 Å². The van der Waals surface area contributed by atoms with Crippen LogP contribution in [0.4, 0.5) is 5.69 Å². The summed E-state index contributed by atoms with van der Waals surface area (Å²) in [5.41, 5.74) is 3.02. The van der Waals surface area contributed by atoms with Gasteiger partial charge in [-0.25, -0.2) is 9.78 Å². The average Bonchev–Trinajstić information content (AvgIpc) is 3.14. The van der Waals surface area contributed by atoms with Gasteiger partial charge in [0.05, 0.1) is 35.0 Å². The van der Waals surface area contributed by atoms with Gasteiger partial charge in [0, 0.05) is 23.7 Å². The highest BCUT2D eigenvalue weighted by Crippen LogP contribution is 2.27. The number of aromatic nitrogens is 1. The molecule has 4 aromatic rings. The fourth-order valence-electron chi connectivity index (χ4n) is 4.10. The molecule has 0 saturated heterocycles. The van der Waals surface area contributed by atoms with Crippen LogP contribution in [0.15, 0.2) is 72.8 Å². The standard InChI is InChI=1S/C28H21N3O6/c1-31-26(33)20-12-9-17(13-21(20)27(31)34)29-25(32)15-37-28(35)22-14-24(16-7-10-18(36-2)11-8-16)30-23-6-4-3-5-19(22)23/h3-14H,15H2,1-2H3,(H,29,32). The van der Waals surface area contributed by atoms with E-state index < -0.39 is 30.3 Å². The number of rotatable bonds is 6. The maximum Gasteiger partial charge on any atom is 0.339 e. The summed E-state index contributed by atoms with van der Waals surface area (Å²) >= 11 is 0. The molecule has 1 aromatic heterocycles. The van der Waals surface area contributed by atoms with Gasteiger partial charge in [0.25, 0.3) is 17.7 Å². The van der Waals surface area contributed by atoms with Crippen LogP contribution >= 0.6 is 0 Å². The maximum atomic E-state index is 13.0. The first kappa shape index (κ1) is 23.7. The lowest BCUT2D eigenvalue weighted by molar-refractivity contribution is -0.119. The Bertz CT molecular complexity index is 1580. The van der Waals surface area contributed by atoms with Crippen LogP contribution < -0.4 is 10.1 Å². The van der Waals surface area contributed by atoms with E-state index in [0.29, 0.717) is 28.0 Å². The van der Waals surface area contributed by atoms with Gasteiger partial charge in [0.15, 0.2) is 6.61 Å². The molecule has 0 unspecified atom stereocenters. The first-order chi connectivity index (χ1) is 17.9. The first-order valence-electron chi connectivity index (χ1n) is 11.3. The lowest BCUT2D eigenvalue weighted by atomic mass is 10.0. The van der Waals surface area contributed by atoms with E-state index in [1.807, 2.05) is 18.2 Å². The Hall–Kier alpha value is -5.05. The number of fused-ring (bicyclic) bond motifs is 2. The molecule has 0 fully saturated rings. The van der Waals surface area contributed by atoms with Crippen molar-refractivity contribution < 1.29 is 28.7 Å². The molecule has 9 heteroatoms. The van der Waals surface area contributed by atoms with Crippen LogP contribution in [0.2, 0.25) is 0 Å². The molecule has 5 rings (SSSR count). The van der Waals surface area contributed by atoms with Crippen LogP contribution in [0.25, 0.3) is 22.2 Å². The fraction of sp³-hybridized carbons (Fsp3) is 0.107. The number of hydrogen-bond acceptors (Lipinski definition) is 7. The molecule has 1 aliphatic rings. The van der Waals surface area contributed by atoms with Crippen LogP contribution in [0.5, 0.6) is 5.75 Å². The molecular formula is C28H21N3O6. The van der Waals surface area contributed by atoms with E-state index >= 15 is 0 Å². The predicted molar refractivity (Wildman–Crippen MR) is 136 cm³/mol. The van der Waals surface area contributed by atoms with Crippen LogP contribution in [-0.2, 0) is 9.53 Å². The van der Waals surface area contributed by atoms with Gasteiger partial charge in [-0.3, -0.25) is 19.3 Å². The highest BCUT2D eigenvalue weighted by Gasteiger charge is 2.32. The minimum Gasteiger partial charge on any atom is -0.497 e. The monoisotopic (exact) mass is 495 g/mol. The zero-order valence-corrected chi connectivity index (χ0v) is 20.0. The van der Waals surface area contributed by atoms with Gasteiger partial charge < -0.3 is 14.8 Å². The molecule has 0 saturated carbocycles. The van der Waals surface area contributed by atoms with Gasteiger partial charge in [-0.1, -0.05) is 18.2 Å². The number of carbonyl (C=O) groups excluding carboxylic acids is 4. The summed E-state index contributed by atoms with van der Waals surface area (Å²) in [6.45, 7) is -0.544. The van der Waals surface area contributed by atoms with Crippen molar-refractivity contribution in [2.75, 3.05) is 26.1 Å². The van der Waals surface area contributed by atoms with Gasteiger partial charge >= 0.3 is 5.97 Å². The Labute approximate surface area is 211 Å². The quantitative estimate of drug-likeness (QED) is 0.318. The highest BCUT2D eigenvalue weighted by atomic mass is 16.5. The second-order valence-corrected chi connectivity index (χ2v) is 8.35.